The third-order valence-corrected chi connectivity index (χ3v) is 9.57. The van der Waals surface area contributed by atoms with Gasteiger partial charge in [0.15, 0.2) is 0 Å². The second-order valence-electron chi connectivity index (χ2n) is 10.3. The molecule has 6 heteroatoms. The van der Waals surface area contributed by atoms with Gasteiger partial charge in [-0.15, -0.1) is 0 Å². The van der Waals surface area contributed by atoms with E-state index >= 15 is 0 Å². The molecule has 0 aliphatic heterocycles. The SMILES string of the molecule is C=C1[C@H](c2ccc(OC)cc2)c2c(C)oc(-c3ccccc3)c2[C@H]1N(c1ccccc1)S(=O)(=O)c1ccc(C)cc1. The molecule has 0 spiro atoms. The molecule has 4 aromatic carbocycles. The molecule has 0 saturated carbocycles. The summed E-state index contributed by atoms with van der Waals surface area (Å²) in [6, 6.07) is 33.2. The van der Waals surface area contributed by atoms with Crippen molar-refractivity contribution in [3.63, 3.8) is 0 Å². The van der Waals surface area contributed by atoms with Gasteiger partial charge in [0.25, 0.3) is 10.0 Å². The number of rotatable bonds is 7. The molecule has 2 atom stereocenters. The maximum absolute atomic E-state index is 14.6. The van der Waals surface area contributed by atoms with Crippen LogP contribution in [-0.4, -0.2) is 15.5 Å². The Balaban J connectivity index is 1.63. The first-order chi connectivity index (χ1) is 19.8. The number of hydrogen-bond donors (Lipinski definition) is 0. The van der Waals surface area contributed by atoms with Crippen LogP contribution in [0, 0.1) is 13.8 Å². The Morgan fingerprint density at radius 3 is 2.00 bits per heavy atom. The van der Waals surface area contributed by atoms with Crippen LogP contribution in [0.1, 0.15) is 40.0 Å². The molecule has 0 radical (unpaired) electrons. The van der Waals surface area contributed by atoms with Crippen molar-refractivity contribution in [3.05, 3.63) is 149 Å². The highest BCUT2D eigenvalue weighted by Gasteiger charge is 2.48. The number of hydrogen-bond acceptors (Lipinski definition) is 4. The molecular formula is C35H31NO4S. The van der Waals surface area contributed by atoms with E-state index in [0.29, 0.717) is 11.4 Å². The lowest BCUT2D eigenvalue weighted by Gasteiger charge is -2.32. The van der Waals surface area contributed by atoms with Gasteiger partial charge in [-0.1, -0.05) is 84.9 Å². The van der Waals surface area contributed by atoms with Gasteiger partial charge in [-0.2, -0.15) is 0 Å². The van der Waals surface area contributed by atoms with Gasteiger partial charge in [0.1, 0.15) is 17.3 Å². The van der Waals surface area contributed by atoms with Crippen LogP contribution in [0.5, 0.6) is 5.75 Å². The van der Waals surface area contributed by atoms with E-state index in [4.69, 9.17) is 9.15 Å². The first kappa shape index (κ1) is 26.7. The zero-order valence-electron chi connectivity index (χ0n) is 23.2. The summed E-state index contributed by atoms with van der Waals surface area (Å²) in [5.74, 6) is 1.86. The Morgan fingerprint density at radius 1 is 0.780 bits per heavy atom. The fourth-order valence-electron chi connectivity index (χ4n) is 5.81. The van der Waals surface area contributed by atoms with Gasteiger partial charge in [0.2, 0.25) is 0 Å². The number of sulfonamides is 1. The van der Waals surface area contributed by atoms with Gasteiger partial charge in [-0.3, -0.25) is 4.31 Å². The van der Waals surface area contributed by atoms with Crippen LogP contribution in [0.4, 0.5) is 5.69 Å². The first-order valence-corrected chi connectivity index (χ1v) is 14.9. The zero-order chi connectivity index (χ0) is 28.7. The molecule has 1 aliphatic carbocycles. The highest BCUT2D eigenvalue weighted by atomic mass is 32.2. The summed E-state index contributed by atoms with van der Waals surface area (Å²) in [4.78, 5) is 0.218. The van der Waals surface area contributed by atoms with E-state index in [1.165, 1.54) is 4.31 Å². The normalized spacial score (nSPS) is 16.4. The van der Waals surface area contributed by atoms with E-state index in [1.54, 1.807) is 19.2 Å². The van der Waals surface area contributed by atoms with Crippen LogP contribution < -0.4 is 9.04 Å². The van der Waals surface area contributed by atoms with Crippen LogP contribution >= 0.6 is 0 Å². The number of furan rings is 1. The molecule has 0 N–H and O–H groups in total. The number of ether oxygens (including phenoxy) is 1. The number of fused-ring (bicyclic) bond motifs is 1. The first-order valence-electron chi connectivity index (χ1n) is 13.5. The largest absolute Gasteiger partial charge is 0.497 e. The average molecular weight is 562 g/mol. The van der Waals surface area contributed by atoms with Crippen molar-refractivity contribution in [1.82, 2.24) is 0 Å². The fourth-order valence-corrected chi connectivity index (χ4v) is 7.43. The van der Waals surface area contributed by atoms with Crippen LogP contribution in [0.3, 0.4) is 0 Å². The lowest BCUT2D eigenvalue weighted by atomic mass is 9.90. The van der Waals surface area contributed by atoms with Gasteiger partial charge >= 0.3 is 0 Å². The van der Waals surface area contributed by atoms with Gasteiger partial charge in [-0.25, -0.2) is 8.42 Å². The van der Waals surface area contributed by atoms with Gasteiger partial charge in [0, 0.05) is 22.6 Å². The molecule has 0 amide bonds. The molecule has 0 bridgehead atoms. The van der Waals surface area contributed by atoms with E-state index in [-0.39, 0.29) is 10.8 Å². The van der Waals surface area contributed by atoms with E-state index in [2.05, 4.69) is 6.58 Å². The van der Waals surface area contributed by atoms with Gasteiger partial charge < -0.3 is 9.15 Å². The third kappa shape index (κ3) is 4.54. The number of methoxy groups -OCH3 is 1. The molecule has 1 aliphatic rings. The molecular weight excluding hydrogens is 530 g/mol. The highest BCUT2D eigenvalue weighted by molar-refractivity contribution is 7.92. The maximum atomic E-state index is 14.6. The van der Waals surface area contributed by atoms with Crippen molar-refractivity contribution in [2.45, 2.75) is 30.7 Å². The van der Waals surface area contributed by atoms with Crippen LogP contribution in [-0.2, 0) is 10.0 Å². The molecule has 6 rings (SSSR count). The monoisotopic (exact) mass is 561 g/mol. The second-order valence-corrected chi connectivity index (χ2v) is 12.1. The Kier molecular flexibility index (Phi) is 6.80. The molecule has 5 aromatic rings. The predicted octanol–water partition coefficient (Wildman–Crippen LogP) is 8.21. The van der Waals surface area contributed by atoms with Crippen molar-refractivity contribution in [1.29, 1.82) is 0 Å². The lowest BCUT2D eigenvalue weighted by molar-refractivity contribution is 0.414. The van der Waals surface area contributed by atoms with Crippen LogP contribution in [0.25, 0.3) is 11.3 Å². The van der Waals surface area contributed by atoms with E-state index in [9.17, 15) is 8.42 Å². The molecule has 0 saturated heterocycles. The Hall–Kier alpha value is -4.55. The molecule has 41 heavy (non-hydrogen) atoms. The summed E-state index contributed by atoms with van der Waals surface area (Å²) < 4.78 is 42.6. The Morgan fingerprint density at radius 2 is 1.39 bits per heavy atom. The van der Waals surface area contributed by atoms with Crippen molar-refractivity contribution < 1.29 is 17.6 Å². The number of benzene rings is 4. The number of anilines is 1. The summed E-state index contributed by atoms with van der Waals surface area (Å²) in [7, 11) is -2.39. The maximum Gasteiger partial charge on any atom is 0.265 e. The van der Waals surface area contributed by atoms with Gasteiger partial charge in [-0.05, 0) is 61.4 Å². The molecule has 1 aromatic heterocycles. The predicted molar refractivity (Wildman–Crippen MR) is 163 cm³/mol. The minimum Gasteiger partial charge on any atom is -0.497 e. The molecule has 5 nitrogen and oxygen atoms in total. The van der Waals surface area contributed by atoms with Crippen molar-refractivity contribution in [2.24, 2.45) is 0 Å². The summed E-state index contributed by atoms with van der Waals surface area (Å²) in [5.41, 5.74) is 5.94. The summed E-state index contributed by atoms with van der Waals surface area (Å²) in [6.07, 6.45) is 0. The molecule has 0 unspecified atom stereocenters. The minimum absolute atomic E-state index is 0.218. The van der Waals surface area contributed by atoms with Crippen molar-refractivity contribution in [3.8, 4) is 17.1 Å². The summed E-state index contributed by atoms with van der Waals surface area (Å²) in [6.45, 7) is 8.47. The Labute approximate surface area is 241 Å². The van der Waals surface area contributed by atoms with Gasteiger partial charge in [0.05, 0.1) is 23.7 Å². The van der Waals surface area contributed by atoms with E-state index < -0.39 is 16.1 Å². The molecule has 1 heterocycles. The second kappa shape index (κ2) is 10.5. The quantitative estimate of drug-likeness (QED) is 0.188. The highest BCUT2D eigenvalue weighted by Crippen LogP contribution is 2.57. The zero-order valence-corrected chi connectivity index (χ0v) is 24.1. The third-order valence-electron chi connectivity index (χ3n) is 7.76. The van der Waals surface area contributed by atoms with E-state index in [1.807, 2.05) is 111 Å². The summed E-state index contributed by atoms with van der Waals surface area (Å²) in [5, 5.41) is 0. The van der Waals surface area contributed by atoms with Crippen molar-refractivity contribution in [2.75, 3.05) is 11.4 Å². The number of nitrogens with zero attached hydrogens (tertiary/aromatic N) is 1. The Bertz CT molecular complexity index is 1810. The topological polar surface area (TPSA) is 59.8 Å². The minimum atomic E-state index is -4.03. The summed E-state index contributed by atoms with van der Waals surface area (Å²) >= 11 is 0. The molecule has 206 valence electrons. The number of para-hydroxylation sites is 1. The lowest BCUT2D eigenvalue weighted by Crippen LogP contribution is -2.35. The van der Waals surface area contributed by atoms with Crippen LogP contribution in [0.15, 0.2) is 131 Å². The standard InChI is InChI=1S/C35H31NO4S/c1-23-15-21-30(22-16-23)41(37,38)36(28-13-9-6-10-14-28)34-24(2)31(26-17-19-29(39-4)20-18-26)32-25(3)40-35(33(32)34)27-11-7-5-8-12-27/h5-22,31,34H,2H2,1,3-4H3/t31-,34+/m1/s1. The fraction of sp³-hybridized carbons (Fsp3) is 0.143. The number of aryl methyl sites for hydroxylation is 2. The average Bonchev–Trinajstić information content (AvgIpc) is 3.48. The smallest absolute Gasteiger partial charge is 0.265 e. The van der Waals surface area contributed by atoms with Crippen molar-refractivity contribution >= 4 is 15.7 Å². The van der Waals surface area contributed by atoms with E-state index in [0.717, 1.165) is 44.9 Å². The van der Waals surface area contributed by atoms with Crippen LogP contribution in [0.2, 0.25) is 0 Å². The molecule has 0 fully saturated rings.